The van der Waals surface area contributed by atoms with Gasteiger partial charge in [-0.05, 0) is 17.5 Å². The maximum atomic E-state index is 8.68. The lowest BCUT2D eigenvalue weighted by Crippen LogP contribution is -1.82. The van der Waals surface area contributed by atoms with Crippen LogP contribution in [0.1, 0.15) is 12.0 Å². The van der Waals surface area contributed by atoms with Gasteiger partial charge in [0.2, 0.25) is 0 Å². The molecule has 0 saturated carbocycles. The fraction of sp³-hybridized carbons (Fsp3) is 0.143. The van der Waals surface area contributed by atoms with Crippen molar-refractivity contribution in [3.05, 3.63) is 47.0 Å². The second kappa shape index (κ2) is 5.03. The minimum atomic E-state index is 0.0958. The molecule has 0 heterocycles. The highest BCUT2D eigenvalue weighted by molar-refractivity contribution is 6.35. The van der Waals surface area contributed by atoms with Crippen molar-refractivity contribution in [3.63, 3.8) is 0 Å². The Kier molecular flexibility index (Phi) is 3.46. The van der Waals surface area contributed by atoms with Gasteiger partial charge in [-0.1, -0.05) is 47.7 Å². The van der Waals surface area contributed by atoms with Crippen LogP contribution in [0, 0.1) is 11.8 Å². The largest absolute Gasteiger partial charge is 0.395 e. The molecule has 80 valence electrons. The van der Waals surface area contributed by atoms with Crippen molar-refractivity contribution in [2.24, 2.45) is 0 Å². The lowest BCUT2D eigenvalue weighted by Gasteiger charge is -2.02. The average Bonchev–Trinajstić information content (AvgIpc) is 2.33. The maximum absolute atomic E-state index is 8.68. The molecule has 1 nitrogen and oxygen atoms in total. The first-order valence-corrected chi connectivity index (χ1v) is 5.47. The van der Waals surface area contributed by atoms with E-state index in [0.717, 1.165) is 21.4 Å². The molecule has 0 aliphatic rings. The van der Waals surface area contributed by atoms with Gasteiger partial charge >= 0.3 is 0 Å². The van der Waals surface area contributed by atoms with E-state index in [1.807, 2.05) is 36.4 Å². The van der Waals surface area contributed by atoms with Crippen LogP contribution in [0.2, 0.25) is 5.02 Å². The van der Waals surface area contributed by atoms with Gasteiger partial charge in [0.1, 0.15) is 0 Å². The van der Waals surface area contributed by atoms with E-state index in [2.05, 4.69) is 11.8 Å². The Hall–Kier alpha value is -1.49. The molecule has 0 aromatic heterocycles. The van der Waals surface area contributed by atoms with Crippen LogP contribution in [0.5, 0.6) is 0 Å². The number of rotatable bonds is 1. The summed E-state index contributed by atoms with van der Waals surface area (Å²) in [5, 5.41) is 11.5. The van der Waals surface area contributed by atoms with Crippen LogP contribution in [-0.4, -0.2) is 11.7 Å². The molecule has 0 spiro atoms. The predicted molar refractivity (Wildman–Crippen MR) is 67.5 cm³/mol. The third-order valence-corrected chi connectivity index (χ3v) is 2.66. The maximum Gasteiger partial charge on any atom is 0.0540 e. The number of aliphatic hydroxyl groups excluding tert-OH is 1. The minimum absolute atomic E-state index is 0.0958. The van der Waals surface area contributed by atoms with Gasteiger partial charge in [-0.2, -0.15) is 0 Å². The lowest BCUT2D eigenvalue weighted by atomic mass is 10.0. The van der Waals surface area contributed by atoms with Crippen LogP contribution in [-0.2, 0) is 0 Å². The number of hydrogen-bond donors (Lipinski definition) is 1. The number of fused-ring (bicyclic) bond motifs is 1. The van der Waals surface area contributed by atoms with Crippen molar-refractivity contribution >= 4 is 22.4 Å². The molecular formula is C14H11ClO. The van der Waals surface area contributed by atoms with Gasteiger partial charge in [0.05, 0.1) is 6.61 Å². The van der Waals surface area contributed by atoms with Gasteiger partial charge in [-0.15, -0.1) is 0 Å². The molecule has 2 aromatic rings. The standard InChI is InChI=1S/C14H11ClO/c15-14-9-8-11(5-3-4-10-16)12-6-1-2-7-13(12)14/h1-2,6-9,16H,4,10H2. The Morgan fingerprint density at radius 2 is 1.81 bits per heavy atom. The average molecular weight is 231 g/mol. The van der Waals surface area contributed by atoms with Gasteiger partial charge in [-0.3, -0.25) is 0 Å². The Bertz CT molecular complexity index is 564. The van der Waals surface area contributed by atoms with E-state index in [1.165, 1.54) is 0 Å². The summed E-state index contributed by atoms with van der Waals surface area (Å²) >= 11 is 6.10. The molecule has 2 rings (SSSR count). The minimum Gasteiger partial charge on any atom is -0.395 e. The summed E-state index contributed by atoms with van der Waals surface area (Å²) in [4.78, 5) is 0. The van der Waals surface area contributed by atoms with Crippen LogP contribution in [0.15, 0.2) is 36.4 Å². The molecule has 16 heavy (non-hydrogen) atoms. The lowest BCUT2D eigenvalue weighted by molar-refractivity contribution is 0.305. The Morgan fingerprint density at radius 1 is 1.06 bits per heavy atom. The monoisotopic (exact) mass is 230 g/mol. The summed E-state index contributed by atoms with van der Waals surface area (Å²) < 4.78 is 0. The zero-order valence-corrected chi connectivity index (χ0v) is 9.46. The van der Waals surface area contributed by atoms with Crippen LogP contribution < -0.4 is 0 Å². The smallest absolute Gasteiger partial charge is 0.0540 e. The molecule has 0 aliphatic carbocycles. The fourth-order valence-electron chi connectivity index (χ4n) is 1.58. The predicted octanol–water partition coefficient (Wildman–Crippen LogP) is 3.23. The normalized spacial score (nSPS) is 9.88. The van der Waals surface area contributed by atoms with Crippen molar-refractivity contribution in [1.29, 1.82) is 0 Å². The summed E-state index contributed by atoms with van der Waals surface area (Å²) in [6.45, 7) is 0.0958. The van der Waals surface area contributed by atoms with E-state index in [9.17, 15) is 0 Å². The fourth-order valence-corrected chi connectivity index (χ4v) is 1.81. The van der Waals surface area contributed by atoms with Gasteiger partial charge in [0.25, 0.3) is 0 Å². The van der Waals surface area contributed by atoms with Gasteiger partial charge in [0, 0.05) is 22.4 Å². The molecule has 0 radical (unpaired) electrons. The van der Waals surface area contributed by atoms with Crippen molar-refractivity contribution < 1.29 is 5.11 Å². The second-order valence-electron chi connectivity index (χ2n) is 3.42. The summed E-state index contributed by atoms with van der Waals surface area (Å²) in [5.74, 6) is 5.97. The zero-order valence-electron chi connectivity index (χ0n) is 8.70. The zero-order chi connectivity index (χ0) is 11.4. The molecular weight excluding hydrogens is 220 g/mol. The first-order chi connectivity index (χ1) is 7.83. The molecule has 0 amide bonds. The summed E-state index contributed by atoms with van der Waals surface area (Å²) in [7, 11) is 0. The third kappa shape index (κ3) is 2.19. The molecule has 0 atom stereocenters. The van der Waals surface area contributed by atoms with E-state index in [-0.39, 0.29) is 6.61 Å². The van der Waals surface area contributed by atoms with E-state index in [0.29, 0.717) is 6.42 Å². The molecule has 0 unspecified atom stereocenters. The number of benzene rings is 2. The van der Waals surface area contributed by atoms with E-state index >= 15 is 0 Å². The molecule has 0 aliphatic heterocycles. The van der Waals surface area contributed by atoms with Gasteiger partial charge < -0.3 is 5.11 Å². The molecule has 2 heteroatoms. The van der Waals surface area contributed by atoms with Gasteiger partial charge in [0.15, 0.2) is 0 Å². The highest BCUT2D eigenvalue weighted by atomic mass is 35.5. The quantitative estimate of drug-likeness (QED) is 0.746. The van der Waals surface area contributed by atoms with Crippen molar-refractivity contribution in [1.82, 2.24) is 0 Å². The Labute approximate surface area is 99.7 Å². The first-order valence-electron chi connectivity index (χ1n) is 5.10. The van der Waals surface area contributed by atoms with Crippen molar-refractivity contribution in [2.75, 3.05) is 6.61 Å². The molecule has 2 aromatic carbocycles. The summed E-state index contributed by atoms with van der Waals surface area (Å²) in [5.41, 5.74) is 0.952. The van der Waals surface area contributed by atoms with Crippen LogP contribution in [0.4, 0.5) is 0 Å². The van der Waals surface area contributed by atoms with Crippen molar-refractivity contribution in [3.8, 4) is 11.8 Å². The second-order valence-corrected chi connectivity index (χ2v) is 3.82. The highest BCUT2D eigenvalue weighted by Gasteiger charge is 2.01. The van der Waals surface area contributed by atoms with E-state index < -0.39 is 0 Å². The van der Waals surface area contributed by atoms with Crippen molar-refractivity contribution in [2.45, 2.75) is 6.42 Å². The van der Waals surface area contributed by atoms with Crippen LogP contribution in [0.3, 0.4) is 0 Å². The van der Waals surface area contributed by atoms with Crippen LogP contribution in [0.25, 0.3) is 10.8 Å². The van der Waals surface area contributed by atoms with E-state index in [4.69, 9.17) is 16.7 Å². The Balaban J connectivity index is 2.56. The Morgan fingerprint density at radius 3 is 2.56 bits per heavy atom. The van der Waals surface area contributed by atoms with E-state index in [1.54, 1.807) is 0 Å². The molecule has 0 fully saturated rings. The molecule has 1 N–H and O–H groups in total. The third-order valence-electron chi connectivity index (χ3n) is 2.33. The molecule has 0 saturated heterocycles. The summed E-state index contributed by atoms with van der Waals surface area (Å²) in [6.07, 6.45) is 0.497. The molecule has 0 bridgehead atoms. The number of aliphatic hydroxyl groups is 1. The summed E-state index contributed by atoms with van der Waals surface area (Å²) in [6, 6.07) is 11.7. The first kappa shape index (κ1) is 11.0. The number of hydrogen-bond acceptors (Lipinski definition) is 1. The number of halogens is 1. The topological polar surface area (TPSA) is 20.2 Å². The SMILES string of the molecule is OCCC#Cc1ccc(Cl)c2ccccc12. The van der Waals surface area contributed by atoms with Gasteiger partial charge in [-0.25, -0.2) is 0 Å². The van der Waals surface area contributed by atoms with Crippen LogP contribution >= 0.6 is 11.6 Å². The highest BCUT2D eigenvalue weighted by Crippen LogP contribution is 2.25.